The van der Waals surface area contributed by atoms with Gasteiger partial charge in [-0.2, -0.15) is 0 Å². The zero-order chi connectivity index (χ0) is 12.4. The highest BCUT2D eigenvalue weighted by Gasteiger charge is 2.20. The van der Waals surface area contributed by atoms with E-state index in [9.17, 15) is 4.79 Å². The Morgan fingerprint density at radius 3 is 2.71 bits per heavy atom. The van der Waals surface area contributed by atoms with E-state index in [1.54, 1.807) is 18.2 Å². The highest BCUT2D eigenvalue weighted by Crippen LogP contribution is 2.33. The molecule has 0 aliphatic rings. The maximum atomic E-state index is 11.1. The molecule has 0 fully saturated rings. The molecule has 0 aliphatic carbocycles. The number of aromatic nitrogens is 1. The van der Waals surface area contributed by atoms with Crippen LogP contribution in [0.5, 0.6) is 0 Å². The summed E-state index contributed by atoms with van der Waals surface area (Å²) in [6, 6.07) is 6.39. The summed E-state index contributed by atoms with van der Waals surface area (Å²) in [5.41, 5.74) is 0.879. The molecule has 17 heavy (non-hydrogen) atoms. The first-order valence-corrected chi connectivity index (χ1v) is 5.59. The van der Waals surface area contributed by atoms with E-state index in [1.807, 2.05) is 0 Å². The minimum absolute atomic E-state index is 0.103. The van der Waals surface area contributed by atoms with Crippen molar-refractivity contribution in [2.75, 3.05) is 0 Å². The molecular weight excluding hydrogens is 265 g/mol. The quantitative estimate of drug-likeness (QED) is 0.869. The summed E-state index contributed by atoms with van der Waals surface area (Å²) in [6.07, 6.45) is 0. The Morgan fingerprint density at radius 2 is 2.12 bits per heavy atom. The van der Waals surface area contributed by atoms with E-state index in [-0.39, 0.29) is 22.2 Å². The average molecular weight is 272 g/mol. The van der Waals surface area contributed by atoms with Crippen LogP contribution in [0.25, 0.3) is 11.3 Å². The van der Waals surface area contributed by atoms with Crippen LogP contribution in [-0.2, 0) is 5.88 Å². The lowest BCUT2D eigenvalue weighted by molar-refractivity contribution is 0.0697. The van der Waals surface area contributed by atoms with Crippen molar-refractivity contribution in [3.05, 3.63) is 40.5 Å². The summed E-state index contributed by atoms with van der Waals surface area (Å²) in [5, 5.41) is 13.0. The molecule has 6 heteroatoms. The van der Waals surface area contributed by atoms with Crippen LogP contribution in [0.15, 0.2) is 28.8 Å². The number of carbonyl (C=O) groups is 1. The molecule has 1 heterocycles. The van der Waals surface area contributed by atoms with Gasteiger partial charge in [-0.1, -0.05) is 35.0 Å². The fraction of sp³-hybridized carbons (Fsp3) is 0.0909. The van der Waals surface area contributed by atoms with E-state index in [0.717, 1.165) is 0 Å². The number of alkyl halides is 1. The van der Waals surface area contributed by atoms with Gasteiger partial charge >= 0.3 is 5.97 Å². The number of carboxylic acids is 1. The Labute approximate surface area is 107 Å². The van der Waals surface area contributed by atoms with Crippen molar-refractivity contribution in [2.45, 2.75) is 5.88 Å². The normalized spacial score (nSPS) is 10.5. The van der Waals surface area contributed by atoms with E-state index in [1.165, 1.54) is 6.07 Å². The van der Waals surface area contributed by atoms with Gasteiger partial charge in [0.25, 0.3) is 0 Å². The predicted octanol–water partition coefficient (Wildman–Crippen LogP) is 3.43. The number of hydrogen-bond donors (Lipinski definition) is 1. The topological polar surface area (TPSA) is 63.3 Å². The summed E-state index contributed by atoms with van der Waals surface area (Å²) >= 11 is 11.6. The third-order valence-electron chi connectivity index (χ3n) is 2.23. The number of aromatic carboxylic acids is 1. The van der Waals surface area contributed by atoms with Crippen LogP contribution >= 0.6 is 23.2 Å². The Morgan fingerprint density at radius 1 is 1.41 bits per heavy atom. The summed E-state index contributed by atoms with van der Waals surface area (Å²) < 4.78 is 5.03. The summed E-state index contributed by atoms with van der Waals surface area (Å²) in [5.74, 6) is -0.724. The molecule has 2 rings (SSSR count). The number of rotatable bonds is 3. The third-order valence-corrected chi connectivity index (χ3v) is 2.87. The summed E-state index contributed by atoms with van der Waals surface area (Å²) in [4.78, 5) is 11.1. The van der Waals surface area contributed by atoms with Gasteiger partial charge < -0.3 is 9.63 Å². The van der Waals surface area contributed by atoms with E-state index in [4.69, 9.17) is 32.8 Å². The first-order valence-electron chi connectivity index (χ1n) is 4.68. The number of hydrogen-bond acceptors (Lipinski definition) is 3. The highest BCUT2D eigenvalue weighted by molar-refractivity contribution is 6.34. The first-order chi connectivity index (χ1) is 8.15. The molecule has 0 saturated heterocycles. The van der Waals surface area contributed by atoms with Crippen molar-refractivity contribution < 1.29 is 14.4 Å². The molecule has 88 valence electrons. The first kappa shape index (κ1) is 12.0. The van der Waals surface area contributed by atoms with Gasteiger partial charge in [0.15, 0.2) is 5.76 Å². The molecular formula is C11H7Cl2NO3. The van der Waals surface area contributed by atoms with Crippen molar-refractivity contribution in [1.82, 2.24) is 5.16 Å². The summed E-state index contributed by atoms with van der Waals surface area (Å²) in [6.45, 7) is 0. The predicted molar refractivity (Wildman–Crippen MR) is 63.5 cm³/mol. The minimum atomic E-state index is -1.06. The lowest BCUT2D eigenvalue weighted by Gasteiger charge is -2.01. The van der Waals surface area contributed by atoms with Gasteiger partial charge in [-0.05, 0) is 6.07 Å². The Bertz CT molecular complexity index is 566. The van der Waals surface area contributed by atoms with Crippen LogP contribution in [0.1, 0.15) is 16.1 Å². The third kappa shape index (κ3) is 2.14. The number of carboxylic acid groups (broad SMARTS) is 1. The van der Waals surface area contributed by atoms with Gasteiger partial charge in [0.2, 0.25) is 0 Å². The molecule has 0 spiro atoms. The number of halogens is 2. The monoisotopic (exact) mass is 271 g/mol. The molecule has 0 radical (unpaired) electrons. The van der Waals surface area contributed by atoms with E-state index < -0.39 is 5.97 Å². The largest absolute Gasteiger partial charge is 0.478 e. The maximum absolute atomic E-state index is 11.1. The SMILES string of the molecule is O=C(O)c1ccccc1-c1onc(CCl)c1Cl. The fourth-order valence-electron chi connectivity index (χ4n) is 1.43. The smallest absolute Gasteiger partial charge is 0.336 e. The molecule has 0 bridgehead atoms. The lowest BCUT2D eigenvalue weighted by Crippen LogP contribution is -1.98. The van der Waals surface area contributed by atoms with Gasteiger partial charge in [0.05, 0.1) is 11.4 Å². The van der Waals surface area contributed by atoms with Crippen LogP contribution in [-0.4, -0.2) is 16.2 Å². The van der Waals surface area contributed by atoms with Crippen LogP contribution in [0, 0.1) is 0 Å². The molecule has 0 aliphatic heterocycles. The van der Waals surface area contributed by atoms with Gasteiger partial charge in [-0.3, -0.25) is 0 Å². The molecule has 0 atom stereocenters. The van der Waals surface area contributed by atoms with Crippen LogP contribution in [0.4, 0.5) is 0 Å². The Hall–Kier alpha value is -1.52. The van der Waals surface area contributed by atoms with Crippen molar-refractivity contribution in [3.8, 4) is 11.3 Å². The van der Waals surface area contributed by atoms with E-state index in [0.29, 0.717) is 11.3 Å². The fourth-order valence-corrected chi connectivity index (χ4v) is 1.92. The van der Waals surface area contributed by atoms with Crippen molar-refractivity contribution >= 4 is 29.2 Å². The van der Waals surface area contributed by atoms with Crippen molar-refractivity contribution in [1.29, 1.82) is 0 Å². The Kier molecular flexibility index (Phi) is 3.36. The molecule has 4 nitrogen and oxygen atoms in total. The molecule has 0 amide bonds. The lowest BCUT2D eigenvalue weighted by atomic mass is 10.1. The van der Waals surface area contributed by atoms with Crippen LogP contribution in [0.2, 0.25) is 5.02 Å². The average Bonchev–Trinajstić information content (AvgIpc) is 2.70. The molecule has 1 aromatic carbocycles. The van der Waals surface area contributed by atoms with Gasteiger partial charge in [0, 0.05) is 5.56 Å². The molecule has 0 saturated carbocycles. The maximum Gasteiger partial charge on any atom is 0.336 e. The number of benzene rings is 1. The second kappa shape index (κ2) is 4.77. The molecule has 0 unspecified atom stereocenters. The number of nitrogens with zero attached hydrogens (tertiary/aromatic N) is 1. The van der Waals surface area contributed by atoms with Crippen LogP contribution < -0.4 is 0 Å². The zero-order valence-electron chi connectivity index (χ0n) is 8.48. The van der Waals surface area contributed by atoms with E-state index in [2.05, 4.69) is 5.16 Å². The standard InChI is InChI=1S/C11H7Cl2NO3/c12-5-8-9(13)10(17-14-8)6-3-1-2-4-7(6)11(15)16/h1-4H,5H2,(H,15,16). The second-order valence-electron chi connectivity index (χ2n) is 3.26. The minimum Gasteiger partial charge on any atom is -0.478 e. The van der Waals surface area contributed by atoms with Gasteiger partial charge in [0.1, 0.15) is 10.7 Å². The highest BCUT2D eigenvalue weighted by atomic mass is 35.5. The van der Waals surface area contributed by atoms with Crippen molar-refractivity contribution in [2.24, 2.45) is 0 Å². The molecule has 1 N–H and O–H groups in total. The van der Waals surface area contributed by atoms with Gasteiger partial charge in [-0.15, -0.1) is 11.6 Å². The second-order valence-corrected chi connectivity index (χ2v) is 3.90. The van der Waals surface area contributed by atoms with Crippen LogP contribution in [0.3, 0.4) is 0 Å². The van der Waals surface area contributed by atoms with Crippen molar-refractivity contribution in [3.63, 3.8) is 0 Å². The Balaban J connectivity index is 2.60. The van der Waals surface area contributed by atoms with E-state index >= 15 is 0 Å². The molecule has 2 aromatic rings. The molecule has 1 aromatic heterocycles. The zero-order valence-corrected chi connectivity index (χ0v) is 10.00. The van der Waals surface area contributed by atoms with Gasteiger partial charge in [-0.25, -0.2) is 4.79 Å². The summed E-state index contributed by atoms with van der Waals surface area (Å²) in [7, 11) is 0.